The number of nitrogens with one attached hydrogen (secondary N) is 1. The van der Waals surface area contributed by atoms with Gasteiger partial charge < -0.3 is 14.3 Å². The molecule has 0 radical (unpaired) electrons. The summed E-state index contributed by atoms with van der Waals surface area (Å²) in [6, 6.07) is 10.7. The minimum Gasteiger partial charge on any atom is -0.383 e. The van der Waals surface area contributed by atoms with E-state index in [1.54, 1.807) is 30.7 Å². The molecular formula is C20H18N6O3S2. The molecular weight excluding hydrogens is 436 g/mol. The molecule has 0 unspecified atom stereocenters. The lowest BCUT2D eigenvalue weighted by Crippen LogP contribution is -2.12. The van der Waals surface area contributed by atoms with Crippen molar-refractivity contribution in [2.24, 2.45) is 5.14 Å². The van der Waals surface area contributed by atoms with E-state index >= 15 is 0 Å². The minimum atomic E-state index is -3.83. The smallest absolute Gasteiger partial charge is 0.238 e. The summed E-state index contributed by atoms with van der Waals surface area (Å²) in [6.45, 7) is 0.997. The molecule has 0 aliphatic rings. The summed E-state index contributed by atoms with van der Waals surface area (Å²) in [5, 5.41) is 5.28. The molecule has 0 bridgehead atoms. The van der Waals surface area contributed by atoms with E-state index in [4.69, 9.17) is 14.9 Å². The highest BCUT2D eigenvalue weighted by molar-refractivity contribution is 7.89. The van der Waals surface area contributed by atoms with Gasteiger partial charge in [0, 0.05) is 25.4 Å². The third kappa shape index (κ3) is 3.61. The zero-order valence-electron chi connectivity index (χ0n) is 16.4. The molecule has 3 aromatic heterocycles. The Labute approximate surface area is 181 Å². The first-order chi connectivity index (χ1) is 14.9. The number of rotatable bonds is 6. The van der Waals surface area contributed by atoms with Gasteiger partial charge in [0.25, 0.3) is 0 Å². The van der Waals surface area contributed by atoms with E-state index in [1.165, 1.54) is 12.1 Å². The standard InChI is InChI=1S/C20H18N6O3S2/c1-29-7-6-26-17-4-3-13(31(21,27)28)9-14(17)25-20(26)16-10-22-19(24-16)12-2-5-18-15(8-12)23-11-30-18/h2-5,8-11H,6-7H2,1H3,(H,22,24)(H2,21,27,28). The van der Waals surface area contributed by atoms with Crippen molar-refractivity contribution in [3.05, 3.63) is 48.1 Å². The predicted molar refractivity (Wildman–Crippen MR) is 119 cm³/mol. The molecule has 0 aliphatic heterocycles. The van der Waals surface area contributed by atoms with Crippen molar-refractivity contribution in [3.63, 3.8) is 0 Å². The summed E-state index contributed by atoms with van der Waals surface area (Å²) < 4.78 is 31.8. The van der Waals surface area contributed by atoms with Gasteiger partial charge in [-0.15, -0.1) is 11.3 Å². The molecule has 2 aromatic carbocycles. The maximum atomic E-state index is 11.7. The Morgan fingerprint density at radius 1 is 1.16 bits per heavy atom. The number of fused-ring (bicyclic) bond motifs is 2. The number of imidazole rings is 2. The zero-order valence-corrected chi connectivity index (χ0v) is 18.1. The van der Waals surface area contributed by atoms with Crippen molar-refractivity contribution >= 4 is 42.6 Å². The molecule has 0 aliphatic carbocycles. The van der Waals surface area contributed by atoms with Crippen molar-refractivity contribution in [3.8, 4) is 22.9 Å². The number of sulfonamides is 1. The van der Waals surface area contributed by atoms with Crippen LogP contribution in [-0.4, -0.2) is 46.6 Å². The second kappa shape index (κ2) is 7.54. The summed E-state index contributed by atoms with van der Waals surface area (Å²) in [6.07, 6.45) is 1.78. The third-order valence-electron chi connectivity index (χ3n) is 4.98. The van der Waals surface area contributed by atoms with Crippen LogP contribution in [0.25, 0.3) is 44.2 Å². The highest BCUT2D eigenvalue weighted by Crippen LogP contribution is 2.29. The first-order valence-corrected chi connectivity index (χ1v) is 11.8. The Balaban J connectivity index is 1.61. The lowest BCUT2D eigenvalue weighted by Gasteiger charge is -2.07. The van der Waals surface area contributed by atoms with Crippen LogP contribution >= 0.6 is 11.3 Å². The first-order valence-electron chi connectivity index (χ1n) is 9.35. The SMILES string of the molecule is COCCn1c(-c2c[nH]c(-c3ccc4scnc4c3)n2)nc2cc(S(N)(=O)=O)ccc21. The summed E-state index contributed by atoms with van der Waals surface area (Å²) >= 11 is 1.59. The zero-order chi connectivity index (χ0) is 21.6. The third-order valence-corrected chi connectivity index (χ3v) is 6.70. The van der Waals surface area contributed by atoms with Crippen molar-refractivity contribution in [2.45, 2.75) is 11.4 Å². The molecule has 0 amide bonds. The maximum absolute atomic E-state index is 11.7. The van der Waals surface area contributed by atoms with Crippen LogP contribution in [-0.2, 0) is 21.3 Å². The lowest BCUT2D eigenvalue weighted by molar-refractivity contribution is 0.188. The summed E-state index contributed by atoms with van der Waals surface area (Å²) in [4.78, 5) is 17.0. The second-order valence-corrected chi connectivity index (χ2v) is 9.39. The molecule has 5 aromatic rings. The topological polar surface area (TPSA) is 129 Å². The van der Waals surface area contributed by atoms with Crippen LogP contribution in [0, 0.1) is 0 Å². The monoisotopic (exact) mass is 454 g/mol. The van der Waals surface area contributed by atoms with Gasteiger partial charge in [0.05, 0.1) is 38.3 Å². The maximum Gasteiger partial charge on any atom is 0.238 e. The molecule has 9 nitrogen and oxygen atoms in total. The van der Waals surface area contributed by atoms with E-state index in [-0.39, 0.29) is 4.90 Å². The Morgan fingerprint density at radius 3 is 2.84 bits per heavy atom. The number of aromatic nitrogens is 5. The number of nitrogens with two attached hydrogens (primary N) is 1. The number of aromatic amines is 1. The fourth-order valence-corrected chi connectivity index (χ4v) is 4.67. The normalized spacial score (nSPS) is 12.2. The van der Waals surface area contributed by atoms with Crippen molar-refractivity contribution < 1.29 is 13.2 Å². The number of nitrogens with zero attached hydrogens (tertiary/aromatic N) is 4. The Hall–Kier alpha value is -3.12. The summed E-state index contributed by atoms with van der Waals surface area (Å²) in [5.41, 5.74) is 5.58. The Morgan fingerprint density at radius 2 is 2.03 bits per heavy atom. The highest BCUT2D eigenvalue weighted by Gasteiger charge is 2.18. The summed E-state index contributed by atoms with van der Waals surface area (Å²) in [5.74, 6) is 1.30. The van der Waals surface area contributed by atoms with Crippen molar-refractivity contribution in [1.29, 1.82) is 0 Å². The van der Waals surface area contributed by atoms with Crippen LogP contribution in [0.4, 0.5) is 0 Å². The van der Waals surface area contributed by atoms with Crippen LogP contribution in [0.15, 0.2) is 53.0 Å². The van der Waals surface area contributed by atoms with E-state index in [1.807, 2.05) is 28.3 Å². The number of ether oxygens (including phenoxy) is 1. The van der Waals surface area contributed by atoms with E-state index in [2.05, 4.69) is 15.0 Å². The van der Waals surface area contributed by atoms with Gasteiger partial charge in [-0.25, -0.2) is 28.5 Å². The lowest BCUT2D eigenvalue weighted by atomic mass is 10.2. The molecule has 31 heavy (non-hydrogen) atoms. The molecule has 0 atom stereocenters. The number of hydrogen-bond acceptors (Lipinski definition) is 7. The van der Waals surface area contributed by atoms with Gasteiger partial charge in [-0.3, -0.25) is 0 Å². The molecule has 158 valence electrons. The molecule has 11 heteroatoms. The molecule has 0 saturated carbocycles. The van der Waals surface area contributed by atoms with E-state index in [0.29, 0.717) is 36.0 Å². The average Bonchev–Trinajstić information content (AvgIpc) is 3.48. The van der Waals surface area contributed by atoms with Gasteiger partial charge >= 0.3 is 0 Å². The number of methoxy groups -OCH3 is 1. The second-order valence-electron chi connectivity index (χ2n) is 6.94. The first kappa shape index (κ1) is 19.8. The van der Waals surface area contributed by atoms with Gasteiger partial charge in [0.2, 0.25) is 10.0 Å². The van der Waals surface area contributed by atoms with Crippen LogP contribution in [0.1, 0.15) is 0 Å². The van der Waals surface area contributed by atoms with Gasteiger partial charge in [-0.05, 0) is 36.4 Å². The van der Waals surface area contributed by atoms with Gasteiger partial charge in [-0.1, -0.05) is 0 Å². The van der Waals surface area contributed by atoms with Gasteiger partial charge in [0.15, 0.2) is 5.82 Å². The van der Waals surface area contributed by atoms with Gasteiger partial charge in [-0.2, -0.15) is 0 Å². The predicted octanol–water partition coefficient (Wildman–Crippen LogP) is 3.00. The largest absolute Gasteiger partial charge is 0.383 e. The highest BCUT2D eigenvalue weighted by atomic mass is 32.2. The fourth-order valence-electron chi connectivity index (χ4n) is 3.48. The molecule has 3 N–H and O–H groups in total. The Bertz CT molecular complexity index is 1520. The van der Waals surface area contributed by atoms with E-state index in [9.17, 15) is 8.42 Å². The quantitative estimate of drug-likeness (QED) is 0.406. The number of benzene rings is 2. The number of thiazole rings is 1. The van der Waals surface area contributed by atoms with Crippen molar-refractivity contribution in [2.75, 3.05) is 13.7 Å². The molecule has 5 rings (SSSR count). The van der Waals surface area contributed by atoms with Crippen LogP contribution < -0.4 is 5.14 Å². The number of hydrogen-bond donors (Lipinski definition) is 2. The fraction of sp³-hybridized carbons (Fsp3) is 0.150. The molecule has 0 fully saturated rings. The summed E-state index contributed by atoms with van der Waals surface area (Å²) in [7, 11) is -2.20. The van der Waals surface area contributed by atoms with Crippen LogP contribution in [0.5, 0.6) is 0 Å². The number of primary sulfonamides is 1. The van der Waals surface area contributed by atoms with E-state index in [0.717, 1.165) is 21.3 Å². The minimum absolute atomic E-state index is 0.0159. The number of H-pyrrole nitrogens is 1. The van der Waals surface area contributed by atoms with Crippen molar-refractivity contribution in [1.82, 2.24) is 24.5 Å². The molecule has 0 saturated heterocycles. The average molecular weight is 455 g/mol. The van der Waals surface area contributed by atoms with Crippen LogP contribution in [0.3, 0.4) is 0 Å². The van der Waals surface area contributed by atoms with Crippen LogP contribution in [0.2, 0.25) is 0 Å². The van der Waals surface area contributed by atoms with Gasteiger partial charge in [0.1, 0.15) is 11.5 Å². The van der Waals surface area contributed by atoms with E-state index < -0.39 is 10.0 Å². The molecule has 3 heterocycles. The Kier molecular flexibility index (Phi) is 4.82. The molecule has 0 spiro atoms.